The number of rotatable bonds is 2. The van der Waals surface area contributed by atoms with E-state index < -0.39 is 5.97 Å². The summed E-state index contributed by atoms with van der Waals surface area (Å²) in [4.78, 5) is 10.8. The molecule has 0 fully saturated rings. The van der Waals surface area contributed by atoms with Gasteiger partial charge < -0.3 is 4.74 Å². The van der Waals surface area contributed by atoms with E-state index >= 15 is 0 Å². The first-order chi connectivity index (χ1) is 6.22. The molecule has 0 aromatic heterocycles. The number of nitriles is 1. The zero-order valence-electron chi connectivity index (χ0n) is 6.66. The Morgan fingerprint density at radius 2 is 2.08 bits per heavy atom. The SMILES string of the molecule is N#CCC(=O)Oc1ccc(Cl)cc1. The van der Waals surface area contributed by atoms with Crippen LogP contribution in [0, 0.1) is 11.3 Å². The Morgan fingerprint density at radius 3 is 2.62 bits per heavy atom. The van der Waals surface area contributed by atoms with E-state index in [1.54, 1.807) is 30.3 Å². The second-order valence-electron chi connectivity index (χ2n) is 2.26. The van der Waals surface area contributed by atoms with Gasteiger partial charge in [-0.1, -0.05) is 11.6 Å². The van der Waals surface area contributed by atoms with Crippen LogP contribution in [0.4, 0.5) is 0 Å². The van der Waals surface area contributed by atoms with Crippen LogP contribution in [0.3, 0.4) is 0 Å². The van der Waals surface area contributed by atoms with E-state index in [9.17, 15) is 4.79 Å². The molecule has 1 aromatic carbocycles. The smallest absolute Gasteiger partial charge is 0.325 e. The van der Waals surface area contributed by atoms with Crippen molar-refractivity contribution in [2.75, 3.05) is 0 Å². The number of nitrogens with zero attached hydrogens (tertiary/aromatic N) is 1. The number of carbonyl (C=O) groups excluding carboxylic acids is 1. The molecule has 1 rings (SSSR count). The molecule has 3 nitrogen and oxygen atoms in total. The van der Waals surface area contributed by atoms with Crippen LogP contribution in [0.5, 0.6) is 5.75 Å². The Bertz CT molecular complexity index is 340. The minimum Gasteiger partial charge on any atom is -0.426 e. The number of hydrogen-bond donors (Lipinski definition) is 0. The van der Waals surface area contributed by atoms with Crippen LogP contribution in [0.15, 0.2) is 24.3 Å². The summed E-state index contributed by atoms with van der Waals surface area (Å²) in [5, 5.41) is 8.76. The lowest BCUT2D eigenvalue weighted by Gasteiger charge is -2.00. The van der Waals surface area contributed by atoms with Crippen LogP contribution >= 0.6 is 11.6 Å². The molecule has 0 saturated carbocycles. The molecule has 0 bridgehead atoms. The molecule has 0 amide bonds. The minimum atomic E-state index is -0.565. The van der Waals surface area contributed by atoms with Crippen LogP contribution in [0.2, 0.25) is 5.02 Å². The summed E-state index contributed by atoms with van der Waals surface area (Å²) in [6.07, 6.45) is -0.247. The van der Waals surface area contributed by atoms with Crippen molar-refractivity contribution in [2.45, 2.75) is 6.42 Å². The van der Waals surface area contributed by atoms with E-state index in [1.165, 1.54) is 0 Å². The van der Waals surface area contributed by atoms with E-state index in [0.29, 0.717) is 10.8 Å². The zero-order valence-corrected chi connectivity index (χ0v) is 7.41. The monoisotopic (exact) mass is 195 g/mol. The third-order valence-corrected chi connectivity index (χ3v) is 1.52. The number of carbonyl (C=O) groups is 1. The second kappa shape index (κ2) is 4.48. The summed E-state index contributed by atoms with van der Waals surface area (Å²) in [6.45, 7) is 0. The largest absolute Gasteiger partial charge is 0.426 e. The maximum absolute atomic E-state index is 10.8. The molecule has 1 aromatic rings. The maximum Gasteiger partial charge on any atom is 0.325 e. The number of ether oxygens (including phenoxy) is 1. The number of hydrogen-bond acceptors (Lipinski definition) is 3. The highest BCUT2D eigenvalue weighted by molar-refractivity contribution is 6.30. The van der Waals surface area contributed by atoms with Crippen LogP contribution in [0.1, 0.15) is 6.42 Å². The van der Waals surface area contributed by atoms with Crippen molar-refractivity contribution < 1.29 is 9.53 Å². The van der Waals surface area contributed by atoms with Crippen molar-refractivity contribution in [3.8, 4) is 11.8 Å². The van der Waals surface area contributed by atoms with Gasteiger partial charge in [0.25, 0.3) is 0 Å². The van der Waals surface area contributed by atoms with Crippen LogP contribution in [-0.2, 0) is 4.79 Å². The molecular weight excluding hydrogens is 190 g/mol. The quantitative estimate of drug-likeness (QED) is 0.537. The van der Waals surface area contributed by atoms with Gasteiger partial charge in [-0.25, -0.2) is 0 Å². The van der Waals surface area contributed by atoms with Gasteiger partial charge in [-0.2, -0.15) is 5.26 Å². The van der Waals surface area contributed by atoms with Crippen molar-refractivity contribution in [2.24, 2.45) is 0 Å². The lowest BCUT2D eigenvalue weighted by atomic mass is 10.3. The van der Waals surface area contributed by atoms with E-state index in [0.717, 1.165) is 0 Å². The molecule has 0 saturated heterocycles. The van der Waals surface area contributed by atoms with Gasteiger partial charge in [0.2, 0.25) is 0 Å². The van der Waals surface area contributed by atoms with Gasteiger partial charge in [-0.15, -0.1) is 0 Å². The van der Waals surface area contributed by atoms with Crippen molar-refractivity contribution in [1.29, 1.82) is 5.26 Å². The van der Waals surface area contributed by atoms with Crippen LogP contribution in [-0.4, -0.2) is 5.97 Å². The molecule has 0 unspecified atom stereocenters. The van der Waals surface area contributed by atoms with Crippen LogP contribution in [0.25, 0.3) is 0 Å². The Morgan fingerprint density at radius 1 is 1.46 bits per heavy atom. The molecule has 66 valence electrons. The van der Waals surface area contributed by atoms with Crippen molar-refractivity contribution in [3.05, 3.63) is 29.3 Å². The third-order valence-electron chi connectivity index (χ3n) is 1.27. The Balaban J connectivity index is 2.60. The molecule has 0 spiro atoms. The van der Waals surface area contributed by atoms with E-state index in [2.05, 4.69) is 0 Å². The minimum absolute atomic E-state index is 0.247. The van der Waals surface area contributed by atoms with E-state index in [-0.39, 0.29) is 6.42 Å². The van der Waals surface area contributed by atoms with Crippen molar-refractivity contribution >= 4 is 17.6 Å². The first kappa shape index (κ1) is 9.56. The molecule has 0 atom stereocenters. The lowest BCUT2D eigenvalue weighted by molar-refractivity contribution is -0.133. The molecule has 0 heterocycles. The van der Waals surface area contributed by atoms with Gasteiger partial charge in [0.05, 0.1) is 6.07 Å². The zero-order chi connectivity index (χ0) is 9.68. The summed E-state index contributed by atoms with van der Waals surface area (Å²) in [7, 11) is 0. The highest BCUT2D eigenvalue weighted by atomic mass is 35.5. The molecule has 0 aliphatic heterocycles. The van der Waals surface area contributed by atoms with Gasteiger partial charge >= 0.3 is 5.97 Å². The Hall–Kier alpha value is -1.53. The number of halogens is 1. The second-order valence-corrected chi connectivity index (χ2v) is 2.70. The fraction of sp³-hybridized carbons (Fsp3) is 0.111. The Kier molecular flexibility index (Phi) is 3.30. The molecule has 0 aliphatic carbocycles. The first-order valence-electron chi connectivity index (χ1n) is 3.55. The lowest BCUT2D eigenvalue weighted by Crippen LogP contribution is -2.05. The molecule has 13 heavy (non-hydrogen) atoms. The molecule has 0 aliphatic rings. The van der Waals surface area contributed by atoms with Gasteiger partial charge in [-0.3, -0.25) is 4.79 Å². The highest BCUT2D eigenvalue weighted by Gasteiger charge is 2.02. The van der Waals surface area contributed by atoms with Crippen molar-refractivity contribution in [3.63, 3.8) is 0 Å². The normalized spacial score (nSPS) is 8.92. The van der Waals surface area contributed by atoms with E-state index in [1.807, 2.05) is 0 Å². The molecule has 4 heteroatoms. The number of esters is 1. The summed E-state index contributed by atoms with van der Waals surface area (Å²) in [6, 6.07) is 8.05. The Labute approximate surface area is 80.5 Å². The van der Waals surface area contributed by atoms with Gasteiger partial charge in [0.15, 0.2) is 0 Å². The average molecular weight is 196 g/mol. The predicted octanol–water partition coefficient (Wildman–Crippen LogP) is 2.16. The molecular formula is C9H6ClNO2. The first-order valence-corrected chi connectivity index (χ1v) is 3.93. The van der Waals surface area contributed by atoms with Crippen LogP contribution < -0.4 is 4.74 Å². The average Bonchev–Trinajstić information content (AvgIpc) is 2.09. The maximum atomic E-state index is 10.8. The number of benzene rings is 1. The van der Waals surface area contributed by atoms with E-state index in [4.69, 9.17) is 21.6 Å². The van der Waals surface area contributed by atoms with Gasteiger partial charge in [-0.05, 0) is 24.3 Å². The predicted molar refractivity (Wildman–Crippen MR) is 47.3 cm³/mol. The van der Waals surface area contributed by atoms with Gasteiger partial charge in [0, 0.05) is 5.02 Å². The highest BCUT2D eigenvalue weighted by Crippen LogP contribution is 2.15. The molecule has 0 radical (unpaired) electrons. The summed E-state index contributed by atoms with van der Waals surface area (Å²) >= 11 is 5.62. The fourth-order valence-electron chi connectivity index (χ4n) is 0.735. The third kappa shape index (κ3) is 3.14. The standard InChI is InChI=1S/C9H6ClNO2/c10-7-1-3-8(4-2-7)13-9(12)5-6-11/h1-4H,5H2. The summed E-state index contributed by atoms with van der Waals surface area (Å²) in [5.74, 6) is -0.172. The topological polar surface area (TPSA) is 50.1 Å². The van der Waals surface area contributed by atoms with Gasteiger partial charge in [0.1, 0.15) is 12.2 Å². The van der Waals surface area contributed by atoms with Crippen molar-refractivity contribution in [1.82, 2.24) is 0 Å². The summed E-state index contributed by atoms with van der Waals surface area (Å²) < 4.78 is 4.79. The summed E-state index contributed by atoms with van der Waals surface area (Å²) in [5.41, 5.74) is 0. The fourth-order valence-corrected chi connectivity index (χ4v) is 0.861. The molecule has 0 N–H and O–H groups in total.